The van der Waals surface area contributed by atoms with Crippen LogP contribution in [-0.4, -0.2) is 37.7 Å². The van der Waals surface area contributed by atoms with E-state index in [1.807, 2.05) is 0 Å². The molecule has 6 nitrogen and oxygen atoms in total. The number of carboxylic acids is 1. The molecule has 0 aliphatic heterocycles. The molecule has 8 heteroatoms. The summed E-state index contributed by atoms with van der Waals surface area (Å²) in [6, 6.07) is 1.70. The molecule has 0 spiro atoms. The van der Waals surface area contributed by atoms with Gasteiger partial charge in [0.1, 0.15) is 10.3 Å². The number of carbonyl (C=O) groups is 2. The molecule has 0 fully saturated rings. The SMILES string of the molecule is CC(C)[C@H](NC(=O)c1ccc(S(C)(=O)=O)s1)C(=O)O. The Bertz CT molecular complexity index is 588. The van der Waals surface area contributed by atoms with Crippen LogP contribution < -0.4 is 5.32 Å². The zero-order valence-corrected chi connectivity index (χ0v) is 12.3. The van der Waals surface area contributed by atoms with Gasteiger partial charge in [-0.25, -0.2) is 13.2 Å². The second kappa shape index (κ2) is 5.70. The van der Waals surface area contributed by atoms with Gasteiger partial charge < -0.3 is 10.4 Å². The Morgan fingerprint density at radius 2 is 1.89 bits per heavy atom. The van der Waals surface area contributed by atoms with Crippen molar-refractivity contribution in [3.63, 3.8) is 0 Å². The van der Waals surface area contributed by atoms with Gasteiger partial charge in [0.05, 0.1) is 4.88 Å². The monoisotopic (exact) mass is 305 g/mol. The van der Waals surface area contributed by atoms with Gasteiger partial charge in [-0.1, -0.05) is 13.8 Å². The van der Waals surface area contributed by atoms with Crippen LogP contribution in [0.1, 0.15) is 23.5 Å². The number of carboxylic acid groups (broad SMARTS) is 1. The van der Waals surface area contributed by atoms with E-state index in [0.29, 0.717) is 0 Å². The van der Waals surface area contributed by atoms with Crippen LogP contribution in [0.25, 0.3) is 0 Å². The van der Waals surface area contributed by atoms with Crippen molar-refractivity contribution < 1.29 is 23.1 Å². The molecule has 0 saturated carbocycles. The zero-order chi connectivity index (χ0) is 14.8. The van der Waals surface area contributed by atoms with E-state index in [2.05, 4.69) is 5.32 Å². The van der Waals surface area contributed by atoms with Gasteiger partial charge in [0.15, 0.2) is 9.84 Å². The van der Waals surface area contributed by atoms with Crippen molar-refractivity contribution in [2.45, 2.75) is 24.1 Å². The Kier molecular flexibility index (Phi) is 4.70. The summed E-state index contributed by atoms with van der Waals surface area (Å²) in [5, 5.41) is 11.3. The number of carbonyl (C=O) groups excluding carboxylic acids is 1. The van der Waals surface area contributed by atoms with E-state index in [9.17, 15) is 18.0 Å². The quantitative estimate of drug-likeness (QED) is 0.845. The fraction of sp³-hybridized carbons (Fsp3) is 0.455. The number of amides is 1. The van der Waals surface area contributed by atoms with Crippen molar-refractivity contribution in [2.24, 2.45) is 5.92 Å². The predicted molar refractivity (Wildman–Crippen MR) is 71.2 cm³/mol. The van der Waals surface area contributed by atoms with E-state index in [0.717, 1.165) is 17.6 Å². The van der Waals surface area contributed by atoms with E-state index in [-0.39, 0.29) is 15.0 Å². The average molecular weight is 305 g/mol. The fourth-order valence-corrected chi connectivity index (χ4v) is 3.20. The van der Waals surface area contributed by atoms with E-state index >= 15 is 0 Å². The van der Waals surface area contributed by atoms with Crippen molar-refractivity contribution in [1.29, 1.82) is 0 Å². The minimum Gasteiger partial charge on any atom is -0.480 e. The molecule has 1 aromatic rings. The summed E-state index contributed by atoms with van der Waals surface area (Å²) in [6.45, 7) is 3.35. The lowest BCUT2D eigenvalue weighted by Crippen LogP contribution is -2.44. The molecule has 0 unspecified atom stereocenters. The molecule has 0 radical (unpaired) electrons. The number of nitrogens with one attached hydrogen (secondary N) is 1. The molecule has 0 aliphatic rings. The second-order valence-corrected chi connectivity index (χ2v) is 7.75. The lowest BCUT2D eigenvalue weighted by Gasteiger charge is -2.17. The van der Waals surface area contributed by atoms with Crippen molar-refractivity contribution >= 4 is 33.1 Å². The summed E-state index contributed by atoms with van der Waals surface area (Å²) in [4.78, 5) is 23.0. The minimum atomic E-state index is -3.35. The highest BCUT2D eigenvalue weighted by Gasteiger charge is 2.25. The van der Waals surface area contributed by atoms with Crippen LogP contribution in [0.2, 0.25) is 0 Å². The topological polar surface area (TPSA) is 101 Å². The van der Waals surface area contributed by atoms with Crippen LogP contribution in [-0.2, 0) is 14.6 Å². The van der Waals surface area contributed by atoms with Crippen molar-refractivity contribution in [3.8, 4) is 0 Å². The third kappa shape index (κ3) is 4.03. The van der Waals surface area contributed by atoms with Gasteiger partial charge in [-0.05, 0) is 18.1 Å². The molecular weight excluding hydrogens is 290 g/mol. The smallest absolute Gasteiger partial charge is 0.326 e. The maximum Gasteiger partial charge on any atom is 0.326 e. The summed E-state index contributed by atoms with van der Waals surface area (Å²) in [7, 11) is -3.35. The van der Waals surface area contributed by atoms with E-state index in [4.69, 9.17) is 5.11 Å². The number of hydrogen-bond donors (Lipinski definition) is 2. The first-order valence-corrected chi connectivity index (χ1v) is 8.17. The highest BCUT2D eigenvalue weighted by atomic mass is 32.2. The summed E-state index contributed by atoms with van der Waals surface area (Å²) >= 11 is 0.820. The first-order chi connectivity index (χ1) is 8.62. The maximum absolute atomic E-state index is 11.8. The molecule has 0 bridgehead atoms. The van der Waals surface area contributed by atoms with Crippen molar-refractivity contribution in [1.82, 2.24) is 5.32 Å². The minimum absolute atomic E-state index is 0.0778. The molecule has 2 N–H and O–H groups in total. The predicted octanol–water partition coefficient (Wildman–Crippen LogP) is 0.991. The molecule has 19 heavy (non-hydrogen) atoms. The summed E-state index contributed by atoms with van der Waals surface area (Å²) in [5.74, 6) is -1.97. The number of aliphatic carboxylic acids is 1. The molecule has 1 rings (SSSR count). The molecular formula is C11H15NO5S2. The molecule has 1 aromatic heterocycles. The Balaban J connectivity index is 2.90. The lowest BCUT2D eigenvalue weighted by molar-refractivity contribution is -0.140. The molecule has 1 heterocycles. The van der Waals surface area contributed by atoms with Crippen LogP contribution in [0.15, 0.2) is 16.3 Å². The van der Waals surface area contributed by atoms with Gasteiger partial charge in [0.25, 0.3) is 5.91 Å². The first kappa shape index (κ1) is 15.6. The van der Waals surface area contributed by atoms with Crippen LogP contribution in [0, 0.1) is 5.92 Å². The normalized spacial score (nSPS) is 13.3. The Morgan fingerprint density at radius 3 is 2.26 bits per heavy atom. The number of sulfone groups is 1. The zero-order valence-electron chi connectivity index (χ0n) is 10.7. The van der Waals surface area contributed by atoms with Gasteiger partial charge in [0.2, 0.25) is 0 Å². The third-order valence-electron chi connectivity index (χ3n) is 2.39. The lowest BCUT2D eigenvalue weighted by atomic mass is 10.0. The number of thiophene rings is 1. The van der Waals surface area contributed by atoms with Gasteiger partial charge in [-0.3, -0.25) is 4.79 Å². The Morgan fingerprint density at radius 1 is 1.32 bits per heavy atom. The van der Waals surface area contributed by atoms with Gasteiger partial charge in [0, 0.05) is 6.26 Å². The average Bonchev–Trinajstić information content (AvgIpc) is 2.73. The number of rotatable bonds is 5. The molecule has 0 aliphatic carbocycles. The van der Waals surface area contributed by atoms with Gasteiger partial charge >= 0.3 is 5.97 Å². The first-order valence-electron chi connectivity index (χ1n) is 5.46. The molecule has 106 valence electrons. The molecule has 1 amide bonds. The largest absolute Gasteiger partial charge is 0.480 e. The summed E-state index contributed by atoms with van der Waals surface area (Å²) in [5.41, 5.74) is 0. The highest BCUT2D eigenvalue weighted by molar-refractivity contribution is 7.92. The van der Waals surface area contributed by atoms with E-state index in [1.165, 1.54) is 12.1 Å². The highest BCUT2D eigenvalue weighted by Crippen LogP contribution is 2.21. The van der Waals surface area contributed by atoms with E-state index in [1.54, 1.807) is 13.8 Å². The third-order valence-corrected chi connectivity index (χ3v) is 5.29. The van der Waals surface area contributed by atoms with E-state index < -0.39 is 27.8 Å². The molecule has 1 atom stereocenters. The fourth-order valence-electron chi connectivity index (χ4n) is 1.37. The van der Waals surface area contributed by atoms with Crippen LogP contribution >= 0.6 is 11.3 Å². The summed E-state index contributed by atoms with van der Waals surface area (Å²) < 4.78 is 22.7. The Hall–Kier alpha value is -1.41. The second-order valence-electron chi connectivity index (χ2n) is 4.42. The van der Waals surface area contributed by atoms with Gasteiger partial charge in [-0.15, -0.1) is 11.3 Å². The maximum atomic E-state index is 11.8. The molecule has 0 aromatic carbocycles. The van der Waals surface area contributed by atoms with Crippen molar-refractivity contribution in [3.05, 3.63) is 17.0 Å². The Labute approximate surface area is 115 Å². The van der Waals surface area contributed by atoms with Gasteiger partial charge in [-0.2, -0.15) is 0 Å². The van der Waals surface area contributed by atoms with Crippen LogP contribution in [0.3, 0.4) is 0 Å². The van der Waals surface area contributed by atoms with Crippen LogP contribution in [0.5, 0.6) is 0 Å². The van der Waals surface area contributed by atoms with Crippen LogP contribution in [0.4, 0.5) is 0 Å². The standard InChI is InChI=1S/C11H15NO5S2/c1-6(2)9(11(14)15)12-10(13)7-4-5-8(18-7)19(3,16)17/h4-6,9H,1-3H3,(H,12,13)(H,14,15)/t9-/m0/s1. The molecule has 0 saturated heterocycles. The summed E-state index contributed by atoms with van der Waals surface area (Å²) in [6.07, 6.45) is 1.05. The van der Waals surface area contributed by atoms with Crippen molar-refractivity contribution in [2.75, 3.05) is 6.26 Å². The number of hydrogen-bond acceptors (Lipinski definition) is 5.